The van der Waals surface area contributed by atoms with E-state index in [1.807, 2.05) is 38.1 Å². The molecule has 1 fully saturated rings. The third-order valence-corrected chi connectivity index (χ3v) is 8.09. The van der Waals surface area contributed by atoms with Gasteiger partial charge < -0.3 is 9.73 Å². The molecule has 0 saturated carbocycles. The van der Waals surface area contributed by atoms with Gasteiger partial charge in [0.25, 0.3) is 0 Å². The third-order valence-electron chi connectivity index (χ3n) is 6.19. The number of anilines is 1. The van der Waals surface area contributed by atoms with Gasteiger partial charge in [-0.1, -0.05) is 25.1 Å². The van der Waals surface area contributed by atoms with Crippen LogP contribution in [0, 0.1) is 12.8 Å². The largest absolute Gasteiger partial charge is 0.419 e. The van der Waals surface area contributed by atoms with Crippen LogP contribution >= 0.6 is 0 Å². The minimum absolute atomic E-state index is 0.0531. The van der Waals surface area contributed by atoms with Gasteiger partial charge in [0, 0.05) is 37.8 Å². The molecule has 1 N–H and O–H groups in total. The highest BCUT2D eigenvalue weighted by molar-refractivity contribution is 7.89. The van der Waals surface area contributed by atoms with Crippen LogP contribution in [0.1, 0.15) is 38.2 Å². The minimum Gasteiger partial charge on any atom is -0.408 e. The highest BCUT2D eigenvalue weighted by Gasteiger charge is 2.31. The van der Waals surface area contributed by atoms with Crippen molar-refractivity contribution in [1.29, 1.82) is 0 Å². The number of piperidine rings is 1. The van der Waals surface area contributed by atoms with E-state index >= 15 is 0 Å². The Morgan fingerprint density at radius 1 is 1.15 bits per heavy atom. The Hall–Kier alpha value is -2.91. The van der Waals surface area contributed by atoms with Crippen molar-refractivity contribution >= 4 is 32.7 Å². The van der Waals surface area contributed by atoms with Gasteiger partial charge in [-0.3, -0.25) is 9.36 Å². The molecule has 0 unspecified atom stereocenters. The highest BCUT2D eigenvalue weighted by Crippen LogP contribution is 2.28. The van der Waals surface area contributed by atoms with Crippen LogP contribution in [0.4, 0.5) is 5.69 Å². The first kappa shape index (κ1) is 23.3. The maximum Gasteiger partial charge on any atom is 0.419 e. The maximum atomic E-state index is 13.2. The van der Waals surface area contributed by atoms with Crippen molar-refractivity contribution in [3.63, 3.8) is 0 Å². The van der Waals surface area contributed by atoms with Gasteiger partial charge >= 0.3 is 5.76 Å². The fraction of sp³-hybridized carbons (Fsp3) is 0.417. The Morgan fingerprint density at radius 2 is 1.88 bits per heavy atom. The lowest BCUT2D eigenvalue weighted by atomic mass is 9.94. The van der Waals surface area contributed by atoms with E-state index in [-0.39, 0.29) is 22.3 Å². The second-order valence-electron chi connectivity index (χ2n) is 8.56. The van der Waals surface area contributed by atoms with Crippen molar-refractivity contribution in [2.45, 2.75) is 51.0 Å². The summed E-state index contributed by atoms with van der Waals surface area (Å²) in [5, 5.41) is 2.95. The van der Waals surface area contributed by atoms with Crippen molar-refractivity contribution < 1.29 is 17.6 Å². The number of hydrogen-bond acceptors (Lipinski definition) is 5. The predicted octanol–water partition coefficient (Wildman–Crippen LogP) is 3.74. The van der Waals surface area contributed by atoms with Crippen LogP contribution in [-0.4, -0.2) is 36.3 Å². The molecule has 2 aromatic carbocycles. The number of amides is 1. The smallest absolute Gasteiger partial charge is 0.408 e. The number of hydrogen-bond donors (Lipinski definition) is 1. The molecule has 0 spiro atoms. The van der Waals surface area contributed by atoms with Crippen LogP contribution in [0.5, 0.6) is 0 Å². The summed E-state index contributed by atoms with van der Waals surface area (Å²) in [6.45, 7) is 5.12. The van der Waals surface area contributed by atoms with E-state index in [1.54, 1.807) is 6.07 Å². The topological polar surface area (TPSA) is 102 Å². The van der Waals surface area contributed by atoms with Crippen molar-refractivity contribution in [3.8, 4) is 0 Å². The number of rotatable bonds is 7. The van der Waals surface area contributed by atoms with E-state index < -0.39 is 15.8 Å². The van der Waals surface area contributed by atoms with Crippen LogP contribution in [0.3, 0.4) is 0 Å². The molecule has 176 valence electrons. The molecule has 8 nitrogen and oxygen atoms in total. The van der Waals surface area contributed by atoms with Gasteiger partial charge in [0.2, 0.25) is 15.9 Å². The van der Waals surface area contributed by atoms with Gasteiger partial charge in [-0.25, -0.2) is 13.2 Å². The summed E-state index contributed by atoms with van der Waals surface area (Å²) >= 11 is 0. The molecule has 0 radical (unpaired) electrons. The standard InChI is InChI=1S/C24H29N3O5S/c1-3-12-27-21-9-8-19(16-22(21)32-24(27)29)33(30,31)26-13-10-18(11-14-26)15-23(28)25-20-7-5-4-6-17(20)2/h4-9,16,18H,3,10-15H2,1-2H3,(H,25,28). The number of aryl methyl sites for hydroxylation is 2. The predicted molar refractivity (Wildman–Crippen MR) is 127 cm³/mol. The first-order valence-electron chi connectivity index (χ1n) is 11.3. The van der Waals surface area contributed by atoms with Gasteiger partial charge in [0.1, 0.15) is 0 Å². The monoisotopic (exact) mass is 471 g/mol. The number of fused-ring (bicyclic) bond motifs is 1. The Balaban J connectivity index is 1.40. The van der Waals surface area contributed by atoms with Gasteiger partial charge in [0.05, 0.1) is 10.4 Å². The van der Waals surface area contributed by atoms with Gasteiger partial charge in [-0.15, -0.1) is 0 Å². The fourth-order valence-corrected chi connectivity index (χ4v) is 5.81. The van der Waals surface area contributed by atoms with Gasteiger partial charge in [0.15, 0.2) is 5.58 Å². The number of para-hydroxylation sites is 1. The Kier molecular flexibility index (Phi) is 6.71. The van der Waals surface area contributed by atoms with E-state index in [2.05, 4.69) is 5.32 Å². The lowest BCUT2D eigenvalue weighted by molar-refractivity contribution is -0.117. The summed E-state index contributed by atoms with van der Waals surface area (Å²) in [6, 6.07) is 12.2. The number of oxazole rings is 1. The average Bonchev–Trinajstić information content (AvgIpc) is 3.10. The van der Waals surface area contributed by atoms with Gasteiger partial charge in [-0.2, -0.15) is 4.31 Å². The summed E-state index contributed by atoms with van der Waals surface area (Å²) in [5.74, 6) is -0.405. The molecule has 9 heteroatoms. The van der Waals surface area contributed by atoms with E-state index in [0.717, 1.165) is 17.7 Å². The molecule has 2 heterocycles. The second kappa shape index (κ2) is 9.52. The van der Waals surface area contributed by atoms with E-state index in [1.165, 1.54) is 21.0 Å². The Labute approximate surface area is 193 Å². The molecule has 1 aliphatic rings. The van der Waals surface area contributed by atoms with Crippen LogP contribution in [0.2, 0.25) is 0 Å². The molecule has 1 aromatic heterocycles. The maximum absolute atomic E-state index is 13.2. The number of benzene rings is 2. The molecule has 33 heavy (non-hydrogen) atoms. The van der Waals surface area contributed by atoms with Crippen molar-refractivity contribution in [2.75, 3.05) is 18.4 Å². The molecular weight excluding hydrogens is 442 g/mol. The summed E-state index contributed by atoms with van der Waals surface area (Å²) in [7, 11) is -3.71. The zero-order chi connectivity index (χ0) is 23.6. The van der Waals surface area contributed by atoms with Gasteiger partial charge in [-0.05, 0) is 55.9 Å². The summed E-state index contributed by atoms with van der Waals surface area (Å²) in [6.07, 6.45) is 2.37. The summed E-state index contributed by atoms with van der Waals surface area (Å²) in [4.78, 5) is 24.6. The molecule has 1 saturated heterocycles. The Bertz CT molecular complexity index is 1320. The van der Waals surface area contributed by atoms with Crippen molar-refractivity contribution in [3.05, 3.63) is 58.6 Å². The van der Waals surface area contributed by atoms with Crippen molar-refractivity contribution in [1.82, 2.24) is 8.87 Å². The second-order valence-corrected chi connectivity index (χ2v) is 10.5. The number of aromatic nitrogens is 1. The fourth-order valence-electron chi connectivity index (χ4n) is 4.32. The number of carbonyl (C=O) groups is 1. The van der Waals surface area contributed by atoms with E-state index in [0.29, 0.717) is 44.4 Å². The van der Waals surface area contributed by atoms with E-state index in [4.69, 9.17) is 4.42 Å². The molecule has 0 aliphatic carbocycles. The van der Waals surface area contributed by atoms with Crippen LogP contribution in [0.25, 0.3) is 11.1 Å². The van der Waals surface area contributed by atoms with Crippen LogP contribution in [0.15, 0.2) is 56.6 Å². The zero-order valence-electron chi connectivity index (χ0n) is 18.9. The average molecular weight is 472 g/mol. The number of nitrogens with zero attached hydrogens (tertiary/aromatic N) is 2. The van der Waals surface area contributed by atoms with E-state index in [9.17, 15) is 18.0 Å². The molecule has 1 amide bonds. The first-order valence-corrected chi connectivity index (χ1v) is 12.7. The molecule has 0 bridgehead atoms. The SMILES string of the molecule is CCCn1c(=O)oc2cc(S(=O)(=O)N3CCC(CC(=O)Nc4ccccc4C)CC3)ccc21. The lowest BCUT2D eigenvalue weighted by Gasteiger charge is -2.31. The zero-order valence-corrected chi connectivity index (χ0v) is 19.7. The van der Waals surface area contributed by atoms with Crippen LogP contribution < -0.4 is 11.1 Å². The highest BCUT2D eigenvalue weighted by atomic mass is 32.2. The molecule has 4 rings (SSSR count). The third kappa shape index (κ3) is 4.89. The first-order chi connectivity index (χ1) is 15.8. The van der Waals surface area contributed by atoms with Crippen molar-refractivity contribution in [2.24, 2.45) is 5.92 Å². The molecule has 1 aliphatic heterocycles. The number of carbonyl (C=O) groups excluding carboxylic acids is 1. The molecular formula is C24H29N3O5S. The Morgan fingerprint density at radius 3 is 2.58 bits per heavy atom. The quantitative estimate of drug-likeness (QED) is 0.566. The normalized spacial score (nSPS) is 15.7. The molecule has 3 aromatic rings. The summed E-state index contributed by atoms with van der Waals surface area (Å²) in [5.41, 5.74) is 2.68. The number of sulfonamides is 1. The number of nitrogens with one attached hydrogen (secondary N) is 1. The molecule has 0 atom stereocenters. The van der Waals surface area contributed by atoms with Crippen LogP contribution in [-0.2, 0) is 21.4 Å². The summed E-state index contributed by atoms with van der Waals surface area (Å²) < 4.78 is 34.6. The lowest BCUT2D eigenvalue weighted by Crippen LogP contribution is -2.39. The minimum atomic E-state index is -3.71.